The zero-order chi connectivity index (χ0) is 12.8. The van der Waals surface area contributed by atoms with E-state index in [1.165, 1.54) is 25.7 Å². The minimum Gasteiger partial charge on any atom is -0.374 e. The average molecular weight is 255 g/mol. The van der Waals surface area contributed by atoms with Crippen LogP contribution in [0.4, 0.5) is 0 Å². The zero-order valence-electron chi connectivity index (χ0n) is 11.8. The average Bonchev–Trinajstić information content (AvgIpc) is 2.92. The van der Waals surface area contributed by atoms with E-state index in [0.717, 1.165) is 51.9 Å². The summed E-state index contributed by atoms with van der Waals surface area (Å²) in [5, 5.41) is 0. The first kappa shape index (κ1) is 14.3. The van der Waals surface area contributed by atoms with Crippen LogP contribution < -0.4 is 5.73 Å². The van der Waals surface area contributed by atoms with Crippen LogP contribution in [0.15, 0.2) is 0 Å². The fraction of sp³-hybridized carbons (Fsp3) is 1.00. The highest BCUT2D eigenvalue weighted by molar-refractivity contribution is 4.82. The molecule has 1 heterocycles. The monoisotopic (exact) mass is 255 g/mol. The van der Waals surface area contributed by atoms with Gasteiger partial charge in [0.2, 0.25) is 0 Å². The van der Waals surface area contributed by atoms with Crippen LogP contribution in [0.2, 0.25) is 0 Å². The molecule has 0 radical (unpaired) electrons. The van der Waals surface area contributed by atoms with Crippen molar-refractivity contribution in [1.82, 2.24) is 9.80 Å². The van der Waals surface area contributed by atoms with Gasteiger partial charge in [-0.25, -0.2) is 0 Å². The van der Waals surface area contributed by atoms with E-state index < -0.39 is 0 Å². The summed E-state index contributed by atoms with van der Waals surface area (Å²) in [6, 6.07) is 0.758. The molecule has 2 rings (SSSR count). The summed E-state index contributed by atoms with van der Waals surface area (Å²) in [5.41, 5.74) is 5.76. The van der Waals surface area contributed by atoms with Gasteiger partial charge < -0.3 is 10.5 Å². The van der Waals surface area contributed by atoms with Crippen LogP contribution in [-0.4, -0.2) is 67.8 Å². The molecule has 4 heteroatoms. The van der Waals surface area contributed by atoms with Gasteiger partial charge in [-0.2, -0.15) is 0 Å². The van der Waals surface area contributed by atoms with Gasteiger partial charge in [0, 0.05) is 38.8 Å². The molecule has 2 fully saturated rings. The van der Waals surface area contributed by atoms with Gasteiger partial charge in [0.1, 0.15) is 0 Å². The molecule has 1 atom stereocenters. The van der Waals surface area contributed by atoms with E-state index in [2.05, 4.69) is 16.7 Å². The summed E-state index contributed by atoms with van der Waals surface area (Å²) < 4.78 is 5.92. The van der Waals surface area contributed by atoms with Crippen molar-refractivity contribution in [3.05, 3.63) is 0 Å². The van der Waals surface area contributed by atoms with Crippen molar-refractivity contribution in [3.8, 4) is 0 Å². The summed E-state index contributed by atoms with van der Waals surface area (Å²) in [6.45, 7) is 9.30. The molecule has 18 heavy (non-hydrogen) atoms. The SMILES string of the molecule is CCN1CCOC(CN(CCN)C2CCCC2)C1. The Morgan fingerprint density at radius 2 is 2.11 bits per heavy atom. The molecule has 0 aromatic rings. The van der Waals surface area contributed by atoms with E-state index in [4.69, 9.17) is 10.5 Å². The molecule has 1 aliphatic carbocycles. The van der Waals surface area contributed by atoms with Crippen LogP contribution in [-0.2, 0) is 4.74 Å². The number of ether oxygens (including phenoxy) is 1. The molecule has 0 aromatic heterocycles. The second-order valence-electron chi connectivity index (χ2n) is 5.61. The second-order valence-corrected chi connectivity index (χ2v) is 5.61. The maximum Gasteiger partial charge on any atom is 0.0829 e. The fourth-order valence-electron chi connectivity index (χ4n) is 3.30. The minimum atomic E-state index is 0.380. The molecule has 0 amide bonds. The molecule has 0 aromatic carbocycles. The highest BCUT2D eigenvalue weighted by Crippen LogP contribution is 2.24. The van der Waals surface area contributed by atoms with E-state index >= 15 is 0 Å². The number of morpholine rings is 1. The summed E-state index contributed by atoms with van der Waals surface area (Å²) in [7, 11) is 0. The van der Waals surface area contributed by atoms with Crippen LogP contribution >= 0.6 is 0 Å². The molecule has 1 saturated heterocycles. The van der Waals surface area contributed by atoms with Crippen LogP contribution in [0.1, 0.15) is 32.6 Å². The third-order valence-electron chi connectivity index (χ3n) is 4.37. The minimum absolute atomic E-state index is 0.380. The number of hydrogen-bond acceptors (Lipinski definition) is 4. The number of nitrogens with two attached hydrogens (primary N) is 1. The number of likely N-dealkylation sites (N-methyl/N-ethyl adjacent to an activating group) is 1. The van der Waals surface area contributed by atoms with Crippen LogP contribution in [0, 0.1) is 0 Å². The summed E-state index contributed by atoms with van der Waals surface area (Å²) in [5.74, 6) is 0. The van der Waals surface area contributed by atoms with Crippen molar-refractivity contribution < 1.29 is 4.74 Å². The van der Waals surface area contributed by atoms with E-state index in [1.54, 1.807) is 0 Å². The highest BCUT2D eigenvalue weighted by atomic mass is 16.5. The topological polar surface area (TPSA) is 41.7 Å². The molecular formula is C14H29N3O. The maximum atomic E-state index is 5.92. The summed E-state index contributed by atoms with van der Waals surface area (Å²) in [6.07, 6.45) is 5.86. The molecular weight excluding hydrogens is 226 g/mol. The van der Waals surface area contributed by atoms with Crippen molar-refractivity contribution in [2.45, 2.75) is 44.8 Å². The van der Waals surface area contributed by atoms with Crippen LogP contribution in [0.5, 0.6) is 0 Å². The second kappa shape index (κ2) is 7.43. The van der Waals surface area contributed by atoms with Crippen molar-refractivity contribution >= 4 is 0 Å². The molecule has 1 unspecified atom stereocenters. The third kappa shape index (κ3) is 3.92. The van der Waals surface area contributed by atoms with Gasteiger partial charge >= 0.3 is 0 Å². The first-order valence-electron chi connectivity index (χ1n) is 7.61. The molecule has 1 saturated carbocycles. The predicted octanol–water partition coefficient (Wildman–Crippen LogP) is 0.910. The lowest BCUT2D eigenvalue weighted by molar-refractivity contribution is -0.0465. The van der Waals surface area contributed by atoms with Crippen LogP contribution in [0.3, 0.4) is 0 Å². The zero-order valence-corrected chi connectivity index (χ0v) is 11.8. The van der Waals surface area contributed by atoms with Gasteiger partial charge in [-0.3, -0.25) is 9.80 Å². The Kier molecular flexibility index (Phi) is 5.89. The number of nitrogens with zero attached hydrogens (tertiary/aromatic N) is 2. The Morgan fingerprint density at radius 1 is 1.33 bits per heavy atom. The van der Waals surface area contributed by atoms with Crippen molar-refractivity contribution in [2.75, 3.05) is 45.9 Å². The van der Waals surface area contributed by atoms with Gasteiger partial charge in [-0.15, -0.1) is 0 Å². The lowest BCUT2D eigenvalue weighted by atomic mass is 10.1. The van der Waals surface area contributed by atoms with Gasteiger partial charge in [-0.1, -0.05) is 19.8 Å². The Morgan fingerprint density at radius 3 is 2.78 bits per heavy atom. The first-order chi connectivity index (χ1) is 8.83. The molecule has 2 N–H and O–H groups in total. The van der Waals surface area contributed by atoms with Gasteiger partial charge in [0.05, 0.1) is 12.7 Å². The quantitative estimate of drug-likeness (QED) is 0.766. The fourth-order valence-corrected chi connectivity index (χ4v) is 3.30. The van der Waals surface area contributed by atoms with Crippen molar-refractivity contribution in [2.24, 2.45) is 5.73 Å². The highest BCUT2D eigenvalue weighted by Gasteiger charge is 2.27. The molecule has 0 bridgehead atoms. The van der Waals surface area contributed by atoms with Crippen LogP contribution in [0.25, 0.3) is 0 Å². The van der Waals surface area contributed by atoms with E-state index in [9.17, 15) is 0 Å². The molecule has 4 nitrogen and oxygen atoms in total. The maximum absolute atomic E-state index is 5.92. The normalized spacial score (nSPS) is 27.2. The largest absolute Gasteiger partial charge is 0.374 e. The molecule has 0 spiro atoms. The molecule has 1 aliphatic heterocycles. The Balaban J connectivity index is 1.83. The van der Waals surface area contributed by atoms with Crippen molar-refractivity contribution in [1.29, 1.82) is 0 Å². The molecule has 106 valence electrons. The summed E-state index contributed by atoms with van der Waals surface area (Å²) in [4.78, 5) is 5.07. The Hall–Kier alpha value is -0.160. The van der Waals surface area contributed by atoms with Gasteiger partial charge in [-0.05, 0) is 19.4 Å². The lowest BCUT2D eigenvalue weighted by Crippen LogP contribution is -2.50. The summed E-state index contributed by atoms with van der Waals surface area (Å²) >= 11 is 0. The van der Waals surface area contributed by atoms with E-state index in [-0.39, 0.29) is 0 Å². The number of rotatable bonds is 6. The van der Waals surface area contributed by atoms with E-state index in [1.807, 2.05) is 0 Å². The number of hydrogen-bond donors (Lipinski definition) is 1. The first-order valence-corrected chi connectivity index (χ1v) is 7.61. The van der Waals surface area contributed by atoms with E-state index in [0.29, 0.717) is 6.10 Å². The molecule has 2 aliphatic rings. The third-order valence-corrected chi connectivity index (χ3v) is 4.37. The van der Waals surface area contributed by atoms with Gasteiger partial charge in [0.15, 0.2) is 0 Å². The lowest BCUT2D eigenvalue weighted by Gasteiger charge is -2.37. The van der Waals surface area contributed by atoms with Crippen molar-refractivity contribution in [3.63, 3.8) is 0 Å². The standard InChI is InChI=1S/C14H29N3O/c1-2-16-9-10-18-14(11-16)12-17(8-7-15)13-5-3-4-6-13/h13-14H,2-12,15H2,1H3. The Labute approximate surface area is 111 Å². The predicted molar refractivity (Wildman–Crippen MR) is 74.7 cm³/mol. The Bertz CT molecular complexity index is 231. The van der Waals surface area contributed by atoms with Gasteiger partial charge in [0.25, 0.3) is 0 Å². The smallest absolute Gasteiger partial charge is 0.0829 e.